The van der Waals surface area contributed by atoms with Gasteiger partial charge in [-0.15, -0.1) is 0 Å². The maximum atomic E-state index is 11.7. The van der Waals surface area contributed by atoms with Gasteiger partial charge >= 0.3 is 17.9 Å². The fourth-order valence-electron chi connectivity index (χ4n) is 1.58. The summed E-state index contributed by atoms with van der Waals surface area (Å²) in [6.45, 7) is -0.221. The standard InChI is InChI=1S/C12H12O6/c13-7-1-6-12(16)17-10(14)8-2-3-9(5-4-8)11(15)18-12/h2-5,13,16H,1,6-7H2. The smallest absolute Gasteiger partial charge is 0.373 e. The second kappa shape index (κ2) is 4.75. The molecule has 3 rings (SSSR count). The van der Waals surface area contributed by atoms with Gasteiger partial charge in [0.15, 0.2) is 0 Å². The summed E-state index contributed by atoms with van der Waals surface area (Å²) >= 11 is 0. The Bertz CT molecular complexity index is 427. The third-order valence-corrected chi connectivity index (χ3v) is 2.51. The van der Waals surface area contributed by atoms with Crippen molar-refractivity contribution in [1.29, 1.82) is 0 Å². The lowest BCUT2D eigenvalue weighted by Crippen LogP contribution is -2.39. The van der Waals surface area contributed by atoms with Crippen LogP contribution in [-0.4, -0.2) is 34.7 Å². The number of carbonyl (C=O) groups excluding carboxylic acids is 2. The molecule has 0 saturated heterocycles. The van der Waals surface area contributed by atoms with E-state index in [9.17, 15) is 14.7 Å². The van der Waals surface area contributed by atoms with Crippen LogP contribution in [0.25, 0.3) is 0 Å². The highest BCUT2D eigenvalue weighted by atomic mass is 16.8. The number of hydrogen-bond donors (Lipinski definition) is 2. The first-order valence-corrected chi connectivity index (χ1v) is 5.44. The molecular weight excluding hydrogens is 240 g/mol. The zero-order valence-electron chi connectivity index (χ0n) is 9.46. The lowest BCUT2D eigenvalue weighted by molar-refractivity contribution is -0.307. The summed E-state index contributed by atoms with van der Waals surface area (Å²) < 4.78 is 9.54. The fraction of sp³-hybridized carbons (Fsp3) is 0.333. The number of hydrogen-bond acceptors (Lipinski definition) is 6. The number of rotatable bonds is 3. The molecule has 1 aromatic rings. The number of aliphatic hydroxyl groups is 2. The molecule has 0 aromatic heterocycles. The molecule has 2 bridgehead atoms. The van der Waals surface area contributed by atoms with E-state index < -0.39 is 17.9 Å². The molecule has 1 aromatic carbocycles. The van der Waals surface area contributed by atoms with Crippen LogP contribution in [0.15, 0.2) is 24.3 Å². The molecule has 18 heavy (non-hydrogen) atoms. The van der Waals surface area contributed by atoms with Crippen molar-refractivity contribution in [3.05, 3.63) is 35.4 Å². The van der Waals surface area contributed by atoms with Crippen LogP contribution in [0.3, 0.4) is 0 Å². The van der Waals surface area contributed by atoms with Crippen molar-refractivity contribution in [2.45, 2.75) is 18.8 Å². The van der Waals surface area contributed by atoms with Gasteiger partial charge in [0.1, 0.15) is 0 Å². The van der Waals surface area contributed by atoms with E-state index in [1.807, 2.05) is 0 Å². The summed E-state index contributed by atoms with van der Waals surface area (Å²) in [5.41, 5.74) is 0.416. The van der Waals surface area contributed by atoms with Crippen molar-refractivity contribution in [2.75, 3.05) is 6.61 Å². The monoisotopic (exact) mass is 252 g/mol. The summed E-state index contributed by atoms with van der Waals surface area (Å²) in [4.78, 5) is 23.4. The molecular formula is C12H12O6. The second-order valence-electron chi connectivity index (χ2n) is 3.90. The van der Waals surface area contributed by atoms with E-state index in [2.05, 4.69) is 0 Å². The predicted molar refractivity (Wildman–Crippen MR) is 58.5 cm³/mol. The summed E-state index contributed by atoms with van der Waals surface area (Å²) in [5, 5.41) is 18.7. The molecule has 0 spiro atoms. The van der Waals surface area contributed by atoms with E-state index in [0.717, 1.165) is 0 Å². The lowest BCUT2D eigenvalue weighted by Gasteiger charge is -2.25. The second-order valence-corrected chi connectivity index (χ2v) is 3.90. The van der Waals surface area contributed by atoms with Crippen molar-refractivity contribution in [2.24, 2.45) is 0 Å². The molecule has 0 saturated carbocycles. The van der Waals surface area contributed by atoms with Crippen LogP contribution in [-0.2, 0) is 9.47 Å². The number of fused-ring (bicyclic) bond motifs is 6. The number of ether oxygens (including phenoxy) is 2. The Labute approximate surface area is 103 Å². The van der Waals surface area contributed by atoms with E-state index in [4.69, 9.17) is 14.6 Å². The molecule has 6 nitrogen and oxygen atoms in total. The minimum absolute atomic E-state index is 0.128. The predicted octanol–water partition coefficient (Wildman–Crippen LogP) is 0.432. The van der Waals surface area contributed by atoms with Crippen LogP contribution in [0.2, 0.25) is 0 Å². The molecule has 0 unspecified atom stereocenters. The van der Waals surface area contributed by atoms with E-state index in [1.165, 1.54) is 24.3 Å². The first-order chi connectivity index (χ1) is 8.54. The summed E-state index contributed by atoms with van der Waals surface area (Å²) in [6.07, 6.45) is -0.0654. The largest absolute Gasteiger partial charge is 0.396 e. The normalized spacial score (nSPS) is 17.4. The minimum atomic E-state index is -2.34. The third-order valence-electron chi connectivity index (χ3n) is 2.51. The molecule has 0 radical (unpaired) electrons. The molecule has 0 atom stereocenters. The molecule has 0 amide bonds. The van der Waals surface area contributed by atoms with Crippen LogP contribution >= 0.6 is 0 Å². The van der Waals surface area contributed by atoms with Crippen LogP contribution in [0.4, 0.5) is 0 Å². The number of esters is 2. The molecule has 2 heterocycles. The van der Waals surface area contributed by atoms with Crippen LogP contribution in [0, 0.1) is 0 Å². The van der Waals surface area contributed by atoms with Crippen LogP contribution < -0.4 is 0 Å². The Hall–Kier alpha value is -1.92. The molecule has 2 N–H and O–H groups in total. The minimum Gasteiger partial charge on any atom is -0.396 e. The van der Waals surface area contributed by atoms with Crippen molar-refractivity contribution >= 4 is 11.9 Å². The Morgan fingerprint density at radius 2 is 1.44 bits per heavy atom. The van der Waals surface area contributed by atoms with Gasteiger partial charge in [0.2, 0.25) is 0 Å². The van der Waals surface area contributed by atoms with Crippen molar-refractivity contribution in [1.82, 2.24) is 0 Å². The van der Waals surface area contributed by atoms with Gasteiger partial charge < -0.3 is 19.7 Å². The van der Waals surface area contributed by atoms with E-state index in [1.54, 1.807) is 0 Å². The van der Waals surface area contributed by atoms with E-state index in [0.29, 0.717) is 0 Å². The average molecular weight is 252 g/mol. The van der Waals surface area contributed by atoms with Crippen LogP contribution in [0.5, 0.6) is 0 Å². The molecule has 0 fully saturated rings. The Balaban J connectivity index is 2.31. The Morgan fingerprint density at radius 3 is 1.83 bits per heavy atom. The molecule has 2 aliphatic rings. The van der Waals surface area contributed by atoms with Gasteiger partial charge in [0.25, 0.3) is 0 Å². The number of carbonyl (C=O) groups is 2. The van der Waals surface area contributed by atoms with E-state index >= 15 is 0 Å². The van der Waals surface area contributed by atoms with Crippen molar-refractivity contribution in [3.8, 4) is 0 Å². The van der Waals surface area contributed by atoms with Gasteiger partial charge in [-0.2, -0.15) is 0 Å². The third kappa shape index (κ3) is 2.49. The maximum Gasteiger partial charge on any atom is 0.373 e. The Kier molecular flexibility index (Phi) is 3.31. The van der Waals surface area contributed by atoms with Crippen LogP contribution in [0.1, 0.15) is 33.6 Å². The summed E-state index contributed by atoms with van der Waals surface area (Å²) in [5.74, 6) is -3.93. The van der Waals surface area contributed by atoms with E-state index in [-0.39, 0.29) is 30.6 Å². The molecule has 96 valence electrons. The molecule has 2 aliphatic heterocycles. The highest BCUT2D eigenvalue weighted by Gasteiger charge is 2.37. The van der Waals surface area contributed by atoms with Crippen molar-refractivity contribution < 1.29 is 29.3 Å². The van der Waals surface area contributed by atoms with Gasteiger partial charge in [-0.1, -0.05) is 0 Å². The zero-order chi connectivity index (χ0) is 13.2. The quantitative estimate of drug-likeness (QED) is 0.758. The summed E-state index contributed by atoms with van der Waals surface area (Å²) in [6, 6.07) is 5.65. The van der Waals surface area contributed by atoms with Crippen molar-refractivity contribution in [3.63, 3.8) is 0 Å². The topological polar surface area (TPSA) is 93.1 Å². The average Bonchev–Trinajstić information content (AvgIpc) is 2.42. The highest BCUT2D eigenvalue weighted by Crippen LogP contribution is 2.23. The first-order valence-electron chi connectivity index (χ1n) is 5.44. The zero-order valence-corrected chi connectivity index (χ0v) is 9.46. The first kappa shape index (κ1) is 12.5. The SMILES string of the molecule is O=C1OC(O)(CCCO)OC(=O)c2ccc1cc2. The number of benzene rings is 1. The maximum absolute atomic E-state index is 11.7. The summed E-state index contributed by atoms with van der Waals surface area (Å²) in [7, 11) is 0. The lowest BCUT2D eigenvalue weighted by atomic mass is 10.1. The fourth-order valence-corrected chi connectivity index (χ4v) is 1.58. The van der Waals surface area contributed by atoms with Gasteiger partial charge in [-0.25, -0.2) is 9.59 Å². The van der Waals surface area contributed by atoms with Gasteiger partial charge in [-0.05, 0) is 30.7 Å². The Morgan fingerprint density at radius 1 is 1.00 bits per heavy atom. The van der Waals surface area contributed by atoms with Gasteiger partial charge in [0.05, 0.1) is 17.5 Å². The molecule has 0 aliphatic carbocycles. The molecule has 6 heteroatoms. The van der Waals surface area contributed by atoms with Gasteiger partial charge in [0, 0.05) is 6.61 Å². The number of aliphatic hydroxyl groups excluding tert-OH is 1. The van der Waals surface area contributed by atoms with Gasteiger partial charge in [-0.3, -0.25) is 0 Å². The highest BCUT2D eigenvalue weighted by molar-refractivity contribution is 5.94.